The maximum Gasteiger partial charge on any atom is 0.335 e. The minimum atomic E-state index is -4.12. The molecule has 0 aliphatic carbocycles. The molecule has 182 valence electrons. The number of carboxylic acid groups (broad SMARTS) is 1. The predicted octanol–water partition coefficient (Wildman–Crippen LogP) is 3.78. The van der Waals surface area contributed by atoms with Crippen LogP contribution < -0.4 is 14.5 Å². The van der Waals surface area contributed by atoms with E-state index < -0.39 is 28.4 Å². The van der Waals surface area contributed by atoms with Gasteiger partial charge in [-0.3, -0.25) is 9.10 Å². The number of ether oxygens (including phenoxy) is 1. The fraction of sp³-hybridized carbons (Fsp3) is 0.125. The van der Waals surface area contributed by atoms with E-state index in [9.17, 15) is 18.0 Å². The number of halogens is 1. The Balaban J connectivity index is 1.81. The molecule has 2 N–H and O–H groups in total. The second kappa shape index (κ2) is 11.5. The summed E-state index contributed by atoms with van der Waals surface area (Å²) in [6.07, 6.45) is 1.32. The minimum Gasteiger partial charge on any atom is -0.494 e. The molecule has 3 rings (SSSR count). The van der Waals surface area contributed by atoms with Gasteiger partial charge >= 0.3 is 5.97 Å². The number of benzene rings is 3. The Bertz CT molecular complexity index is 1310. The molecular weight excluding hydrogens is 494 g/mol. The zero-order valence-corrected chi connectivity index (χ0v) is 20.2. The predicted molar refractivity (Wildman–Crippen MR) is 133 cm³/mol. The normalized spacial score (nSPS) is 11.3. The summed E-state index contributed by atoms with van der Waals surface area (Å²) in [5.74, 6) is -1.18. The van der Waals surface area contributed by atoms with Crippen LogP contribution in [0.25, 0.3) is 0 Å². The summed E-state index contributed by atoms with van der Waals surface area (Å²) >= 11 is 5.89. The van der Waals surface area contributed by atoms with Crippen molar-refractivity contribution < 1.29 is 27.9 Å². The first-order valence-electron chi connectivity index (χ1n) is 10.4. The third kappa shape index (κ3) is 6.81. The molecule has 0 fully saturated rings. The van der Waals surface area contributed by atoms with Gasteiger partial charge in [-0.1, -0.05) is 23.7 Å². The van der Waals surface area contributed by atoms with Gasteiger partial charge in [-0.25, -0.2) is 18.6 Å². The summed E-state index contributed by atoms with van der Waals surface area (Å²) in [4.78, 5) is 23.5. The monoisotopic (exact) mass is 515 g/mol. The highest BCUT2D eigenvalue weighted by atomic mass is 35.5. The molecule has 1 amide bonds. The van der Waals surface area contributed by atoms with Crippen LogP contribution in [0.2, 0.25) is 5.02 Å². The SMILES string of the molecule is CCOc1ccc(N(CC(=O)N/N=C\c2ccc(C(=O)O)cc2)S(=O)(=O)c2ccc(Cl)cc2)cc1. The zero-order chi connectivity index (χ0) is 25.4. The van der Waals surface area contributed by atoms with E-state index in [1.807, 2.05) is 6.92 Å². The van der Waals surface area contributed by atoms with Gasteiger partial charge in [0.15, 0.2) is 0 Å². The molecule has 0 aliphatic rings. The third-order valence-electron chi connectivity index (χ3n) is 4.69. The van der Waals surface area contributed by atoms with E-state index in [1.54, 1.807) is 24.3 Å². The molecule has 0 heterocycles. The molecule has 0 saturated carbocycles. The average molecular weight is 516 g/mol. The van der Waals surface area contributed by atoms with Crippen molar-refractivity contribution in [3.63, 3.8) is 0 Å². The Morgan fingerprint density at radius 1 is 1.03 bits per heavy atom. The average Bonchev–Trinajstić information content (AvgIpc) is 2.84. The van der Waals surface area contributed by atoms with Crippen LogP contribution >= 0.6 is 11.6 Å². The molecule has 9 nitrogen and oxygen atoms in total. The van der Waals surface area contributed by atoms with Gasteiger partial charge in [-0.2, -0.15) is 5.10 Å². The standard InChI is InChI=1S/C24H22ClN3O6S/c1-2-34-21-11-9-20(10-12-21)28(35(32,33)22-13-7-19(25)8-14-22)16-23(29)27-26-15-17-3-5-18(6-4-17)24(30)31/h3-15H,2,16H2,1H3,(H,27,29)(H,30,31)/b26-15-. The van der Waals surface area contributed by atoms with Crippen LogP contribution in [0.15, 0.2) is 82.8 Å². The number of hydrazone groups is 1. The van der Waals surface area contributed by atoms with Crippen LogP contribution in [0.5, 0.6) is 5.75 Å². The topological polar surface area (TPSA) is 125 Å². The number of rotatable bonds is 10. The van der Waals surface area contributed by atoms with E-state index in [4.69, 9.17) is 21.4 Å². The zero-order valence-electron chi connectivity index (χ0n) is 18.6. The molecular formula is C24H22ClN3O6S. The first-order valence-corrected chi connectivity index (χ1v) is 12.2. The Kier molecular flexibility index (Phi) is 8.45. The van der Waals surface area contributed by atoms with Gasteiger partial charge in [0.1, 0.15) is 12.3 Å². The maximum atomic E-state index is 13.4. The van der Waals surface area contributed by atoms with Crippen molar-refractivity contribution in [3.8, 4) is 5.75 Å². The van der Waals surface area contributed by atoms with Gasteiger partial charge in [0.25, 0.3) is 15.9 Å². The molecule has 35 heavy (non-hydrogen) atoms. The summed E-state index contributed by atoms with van der Waals surface area (Å²) in [5, 5.41) is 13.2. The minimum absolute atomic E-state index is 0.0365. The molecule has 3 aromatic carbocycles. The highest BCUT2D eigenvalue weighted by molar-refractivity contribution is 7.92. The quantitative estimate of drug-likeness (QED) is 0.312. The fourth-order valence-corrected chi connectivity index (χ4v) is 4.53. The highest BCUT2D eigenvalue weighted by Gasteiger charge is 2.27. The van der Waals surface area contributed by atoms with Crippen molar-refractivity contribution in [1.82, 2.24) is 5.43 Å². The smallest absolute Gasteiger partial charge is 0.335 e. The van der Waals surface area contributed by atoms with Crippen molar-refractivity contribution in [2.24, 2.45) is 5.10 Å². The lowest BCUT2D eigenvalue weighted by Gasteiger charge is -2.24. The van der Waals surface area contributed by atoms with Crippen molar-refractivity contribution in [2.75, 3.05) is 17.5 Å². The molecule has 3 aromatic rings. The second-order valence-electron chi connectivity index (χ2n) is 7.11. The van der Waals surface area contributed by atoms with Crippen LogP contribution in [0, 0.1) is 0 Å². The number of amides is 1. The van der Waals surface area contributed by atoms with Crippen LogP contribution in [0.1, 0.15) is 22.8 Å². The molecule has 0 aromatic heterocycles. The summed E-state index contributed by atoms with van der Waals surface area (Å²) < 4.78 is 33.1. The second-order valence-corrected chi connectivity index (χ2v) is 9.41. The highest BCUT2D eigenvalue weighted by Crippen LogP contribution is 2.26. The first kappa shape index (κ1) is 25.7. The molecule has 0 atom stereocenters. The fourth-order valence-electron chi connectivity index (χ4n) is 2.98. The summed E-state index contributed by atoms with van der Waals surface area (Å²) in [7, 11) is -4.12. The van der Waals surface area contributed by atoms with E-state index in [-0.39, 0.29) is 16.1 Å². The maximum absolute atomic E-state index is 13.4. The number of hydrogen-bond acceptors (Lipinski definition) is 6. The number of sulfonamides is 1. The number of aromatic carboxylic acids is 1. The van der Waals surface area contributed by atoms with Crippen molar-refractivity contribution in [1.29, 1.82) is 0 Å². The number of carbonyl (C=O) groups excluding carboxylic acids is 1. The number of nitrogens with zero attached hydrogens (tertiary/aromatic N) is 2. The Hall–Kier alpha value is -3.89. The lowest BCUT2D eigenvalue weighted by molar-refractivity contribution is -0.119. The summed E-state index contributed by atoms with van der Waals surface area (Å²) in [6, 6.07) is 17.8. The number of nitrogens with one attached hydrogen (secondary N) is 1. The molecule has 0 bridgehead atoms. The Morgan fingerprint density at radius 3 is 2.23 bits per heavy atom. The van der Waals surface area contributed by atoms with Gasteiger partial charge < -0.3 is 9.84 Å². The number of anilines is 1. The van der Waals surface area contributed by atoms with Crippen LogP contribution in [-0.4, -0.2) is 44.8 Å². The van der Waals surface area contributed by atoms with Crippen molar-refractivity contribution in [3.05, 3.63) is 88.9 Å². The van der Waals surface area contributed by atoms with E-state index in [1.165, 1.54) is 54.7 Å². The molecule has 11 heteroatoms. The van der Waals surface area contributed by atoms with Gasteiger partial charge in [-0.05, 0) is 73.2 Å². The van der Waals surface area contributed by atoms with Gasteiger partial charge in [-0.15, -0.1) is 0 Å². The Morgan fingerprint density at radius 2 is 1.66 bits per heavy atom. The number of carbonyl (C=O) groups is 2. The number of hydrogen-bond donors (Lipinski definition) is 2. The third-order valence-corrected chi connectivity index (χ3v) is 6.73. The van der Waals surface area contributed by atoms with E-state index >= 15 is 0 Å². The van der Waals surface area contributed by atoms with Crippen LogP contribution in [0.3, 0.4) is 0 Å². The summed E-state index contributed by atoms with van der Waals surface area (Å²) in [5.41, 5.74) is 3.22. The van der Waals surface area contributed by atoms with Gasteiger partial charge in [0.2, 0.25) is 0 Å². The van der Waals surface area contributed by atoms with Crippen LogP contribution in [-0.2, 0) is 14.8 Å². The lowest BCUT2D eigenvalue weighted by Crippen LogP contribution is -2.39. The van der Waals surface area contributed by atoms with E-state index in [0.717, 1.165) is 4.31 Å². The van der Waals surface area contributed by atoms with Crippen LogP contribution in [0.4, 0.5) is 5.69 Å². The largest absolute Gasteiger partial charge is 0.494 e. The first-order chi connectivity index (χ1) is 16.7. The van der Waals surface area contributed by atoms with Crippen molar-refractivity contribution in [2.45, 2.75) is 11.8 Å². The molecule has 0 spiro atoms. The van der Waals surface area contributed by atoms with Gasteiger partial charge in [0.05, 0.1) is 29.0 Å². The molecule has 0 saturated heterocycles. The molecule has 0 unspecified atom stereocenters. The van der Waals surface area contributed by atoms with Gasteiger partial charge in [0, 0.05) is 5.02 Å². The Labute approximate surface area is 207 Å². The van der Waals surface area contributed by atoms with E-state index in [2.05, 4.69) is 10.5 Å². The molecule has 0 radical (unpaired) electrons. The number of carboxylic acids is 1. The molecule has 0 aliphatic heterocycles. The lowest BCUT2D eigenvalue weighted by atomic mass is 10.1. The van der Waals surface area contributed by atoms with Crippen molar-refractivity contribution >= 4 is 45.4 Å². The van der Waals surface area contributed by atoms with E-state index in [0.29, 0.717) is 22.9 Å². The summed E-state index contributed by atoms with van der Waals surface area (Å²) in [6.45, 7) is 1.73.